The molecule has 0 aromatic heterocycles. The summed E-state index contributed by atoms with van der Waals surface area (Å²) >= 11 is 0. The average molecular weight is 280 g/mol. The van der Waals surface area contributed by atoms with Crippen LogP contribution in [0.25, 0.3) is 0 Å². The van der Waals surface area contributed by atoms with Crippen molar-refractivity contribution in [3.05, 3.63) is 65.7 Å². The molecule has 0 aliphatic heterocycles. The lowest BCUT2D eigenvalue weighted by molar-refractivity contribution is 0.0963. The summed E-state index contributed by atoms with van der Waals surface area (Å²) in [7, 11) is 1.65. The molecule has 2 N–H and O–H groups in total. The summed E-state index contributed by atoms with van der Waals surface area (Å²) in [6, 6.07) is 18.5. The number of carbonyl (C=O) groups excluding carboxylic acids is 1. The highest BCUT2D eigenvalue weighted by Crippen LogP contribution is 2.42. The number of anilines is 1. The molecular weight excluding hydrogens is 260 g/mol. The molecule has 1 saturated carbocycles. The van der Waals surface area contributed by atoms with Crippen LogP contribution in [0.15, 0.2) is 54.6 Å². The summed E-state index contributed by atoms with van der Waals surface area (Å²) in [5, 5.41) is 6.26. The Labute approximate surface area is 125 Å². The van der Waals surface area contributed by atoms with Crippen molar-refractivity contribution < 1.29 is 4.79 Å². The third-order valence-electron chi connectivity index (χ3n) is 3.93. The summed E-state index contributed by atoms with van der Waals surface area (Å²) in [5.41, 5.74) is 2.99. The molecule has 0 bridgehead atoms. The van der Waals surface area contributed by atoms with Gasteiger partial charge in [0.2, 0.25) is 0 Å². The van der Waals surface area contributed by atoms with Crippen molar-refractivity contribution in [2.24, 2.45) is 5.92 Å². The van der Waals surface area contributed by atoms with E-state index in [-0.39, 0.29) is 5.91 Å². The Morgan fingerprint density at radius 1 is 1.10 bits per heavy atom. The van der Waals surface area contributed by atoms with Crippen molar-refractivity contribution in [1.82, 2.24) is 5.32 Å². The number of hydrogen-bond donors (Lipinski definition) is 2. The Kier molecular flexibility index (Phi) is 3.91. The van der Waals surface area contributed by atoms with E-state index in [1.165, 1.54) is 18.4 Å². The molecule has 21 heavy (non-hydrogen) atoms. The maximum Gasteiger partial charge on any atom is 0.251 e. The molecule has 1 aliphatic carbocycles. The van der Waals surface area contributed by atoms with E-state index < -0.39 is 0 Å². The molecule has 3 heteroatoms. The highest BCUT2D eigenvalue weighted by Gasteiger charge is 2.32. The van der Waals surface area contributed by atoms with E-state index in [1.54, 1.807) is 7.05 Å². The first-order chi connectivity index (χ1) is 10.3. The van der Waals surface area contributed by atoms with Gasteiger partial charge in [0.05, 0.1) is 6.04 Å². The van der Waals surface area contributed by atoms with Gasteiger partial charge in [-0.1, -0.05) is 36.4 Å². The van der Waals surface area contributed by atoms with Crippen LogP contribution in [0.3, 0.4) is 0 Å². The lowest BCUT2D eigenvalue weighted by Crippen LogP contribution is -2.18. The molecule has 108 valence electrons. The van der Waals surface area contributed by atoms with Gasteiger partial charge in [0.1, 0.15) is 0 Å². The largest absolute Gasteiger partial charge is 0.378 e. The van der Waals surface area contributed by atoms with Gasteiger partial charge >= 0.3 is 0 Å². The first-order valence-electron chi connectivity index (χ1n) is 7.41. The van der Waals surface area contributed by atoms with Gasteiger partial charge in [-0.25, -0.2) is 0 Å². The topological polar surface area (TPSA) is 41.1 Å². The Bertz CT molecular complexity index is 620. The maximum absolute atomic E-state index is 11.7. The number of amides is 1. The number of benzene rings is 2. The minimum Gasteiger partial charge on any atom is -0.378 e. The van der Waals surface area contributed by atoms with Crippen LogP contribution in [0.5, 0.6) is 0 Å². The van der Waals surface area contributed by atoms with Gasteiger partial charge in [0.15, 0.2) is 0 Å². The number of nitrogens with one attached hydrogen (secondary N) is 2. The van der Waals surface area contributed by atoms with Gasteiger partial charge in [0.25, 0.3) is 5.91 Å². The summed E-state index contributed by atoms with van der Waals surface area (Å²) in [4.78, 5) is 11.7. The van der Waals surface area contributed by atoms with Crippen molar-refractivity contribution in [2.75, 3.05) is 12.4 Å². The fourth-order valence-corrected chi connectivity index (χ4v) is 2.64. The second kappa shape index (κ2) is 6.00. The van der Waals surface area contributed by atoms with Gasteiger partial charge in [-0.3, -0.25) is 4.79 Å². The first kappa shape index (κ1) is 13.7. The van der Waals surface area contributed by atoms with Crippen LogP contribution in [-0.2, 0) is 0 Å². The summed E-state index contributed by atoms with van der Waals surface area (Å²) in [6.45, 7) is 0. The highest BCUT2D eigenvalue weighted by atomic mass is 16.1. The van der Waals surface area contributed by atoms with E-state index >= 15 is 0 Å². The van der Waals surface area contributed by atoms with Crippen LogP contribution in [0.2, 0.25) is 0 Å². The zero-order valence-corrected chi connectivity index (χ0v) is 12.2. The van der Waals surface area contributed by atoms with Crippen LogP contribution < -0.4 is 10.6 Å². The van der Waals surface area contributed by atoms with Gasteiger partial charge < -0.3 is 10.6 Å². The minimum atomic E-state index is -0.0543. The Morgan fingerprint density at radius 2 is 1.86 bits per heavy atom. The predicted octanol–water partition coefficient (Wildman–Crippen LogP) is 3.61. The fourth-order valence-electron chi connectivity index (χ4n) is 2.64. The molecule has 1 aliphatic rings. The van der Waals surface area contributed by atoms with Crippen molar-refractivity contribution in [3.63, 3.8) is 0 Å². The predicted molar refractivity (Wildman–Crippen MR) is 85.4 cm³/mol. The minimum absolute atomic E-state index is 0.0543. The smallest absolute Gasteiger partial charge is 0.251 e. The van der Waals surface area contributed by atoms with Crippen LogP contribution in [0.4, 0.5) is 5.69 Å². The van der Waals surface area contributed by atoms with E-state index in [0.717, 1.165) is 5.69 Å². The first-order valence-corrected chi connectivity index (χ1v) is 7.41. The molecule has 0 saturated heterocycles. The second-order valence-corrected chi connectivity index (χ2v) is 5.53. The average Bonchev–Trinajstić information content (AvgIpc) is 3.38. The van der Waals surface area contributed by atoms with Gasteiger partial charge in [-0.15, -0.1) is 0 Å². The molecule has 3 rings (SSSR count). The molecular formula is C18H20N2O. The fraction of sp³-hybridized carbons (Fsp3) is 0.278. The quantitative estimate of drug-likeness (QED) is 0.878. The van der Waals surface area contributed by atoms with Crippen LogP contribution in [-0.4, -0.2) is 13.0 Å². The number of carbonyl (C=O) groups is 1. The molecule has 2 aromatic carbocycles. The summed E-state index contributed by atoms with van der Waals surface area (Å²) in [5.74, 6) is 0.636. The van der Waals surface area contributed by atoms with Crippen molar-refractivity contribution >= 4 is 11.6 Å². The highest BCUT2D eigenvalue weighted by molar-refractivity contribution is 5.94. The molecule has 0 heterocycles. The molecule has 0 radical (unpaired) electrons. The monoisotopic (exact) mass is 280 g/mol. The van der Waals surface area contributed by atoms with Gasteiger partial charge in [-0.2, -0.15) is 0 Å². The molecule has 1 unspecified atom stereocenters. The normalized spacial score (nSPS) is 15.3. The SMILES string of the molecule is CNC(=O)c1cccc(NC(c2ccccc2)C2CC2)c1. The summed E-state index contributed by atoms with van der Waals surface area (Å²) in [6.07, 6.45) is 2.53. The van der Waals surface area contributed by atoms with E-state index in [4.69, 9.17) is 0 Å². The summed E-state index contributed by atoms with van der Waals surface area (Å²) < 4.78 is 0. The Hall–Kier alpha value is -2.29. The standard InChI is InChI=1S/C18H20N2O/c1-19-18(21)15-8-5-9-16(12-15)20-17(14-10-11-14)13-6-3-2-4-7-13/h2-9,12,14,17,20H,10-11H2,1H3,(H,19,21). The molecule has 1 atom stereocenters. The Morgan fingerprint density at radius 3 is 2.52 bits per heavy atom. The lowest BCUT2D eigenvalue weighted by atomic mass is 10.0. The van der Waals surface area contributed by atoms with E-state index in [2.05, 4.69) is 34.9 Å². The molecule has 1 amide bonds. The third kappa shape index (κ3) is 3.24. The Balaban J connectivity index is 1.82. The zero-order valence-electron chi connectivity index (χ0n) is 12.2. The number of rotatable bonds is 5. The zero-order chi connectivity index (χ0) is 14.7. The van der Waals surface area contributed by atoms with E-state index in [0.29, 0.717) is 17.5 Å². The molecule has 2 aromatic rings. The van der Waals surface area contributed by atoms with Crippen molar-refractivity contribution in [3.8, 4) is 0 Å². The van der Waals surface area contributed by atoms with Crippen LogP contribution in [0, 0.1) is 5.92 Å². The van der Waals surface area contributed by atoms with Crippen molar-refractivity contribution in [1.29, 1.82) is 0 Å². The molecule has 0 spiro atoms. The van der Waals surface area contributed by atoms with E-state index in [1.807, 2.05) is 30.3 Å². The maximum atomic E-state index is 11.7. The van der Waals surface area contributed by atoms with Gasteiger partial charge in [-0.05, 0) is 42.5 Å². The van der Waals surface area contributed by atoms with Crippen LogP contribution in [0.1, 0.15) is 34.8 Å². The second-order valence-electron chi connectivity index (χ2n) is 5.53. The third-order valence-corrected chi connectivity index (χ3v) is 3.93. The number of hydrogen-bond acceptors (Lipinski definition) is 2. The molecule has 3 nitrogen and oxygen atoms in total. The lowest BCUT2D eigenvalue weighted by Gasteiger charge is -2.20. The van der Waals surface area contributed by atoms with Gasteiger partial charge in [0, 0.05) is 18.3 Å². The van der Waals surface area contributed by atoms with Crippen LogP contribution >= 0.6 is 0 Å². The molecule has 1 fully saturated rings. The van der Waals surface area contributed by atoms with E-state index in [9.17, 15) is 4.79 Å². The van der Waals surface area contributed by atoms with Crippen molar-refractivity contribution in [2.45, 2.75) is 18.9 Å².